The molecule has 2 aromatic heterocycles. The SMILES string of the molecule is COc1cccc2c1C(=O)c1c(O)c3c(c(O)c1C2=O)CC(C(=O)CO)C[C@@H]3OC1CC(NC(=O)O[C@@H](CC2CN(CCOCCOCCOCCNC(=O)CC[C@H](NC(=O)c3ccc(NCc4cnc5nc(N)[nH]c(=O)c5n4)cc3)C(=O)O)N=N2)c2ccc(O[C@@H]3OC(CO)[C@H](O)[C@H](O)C3O)c([N+](=O)[O-])c2)C(O)C(C)O1. The number of nitrogens with zero attached hydrogens (tertiary/aromatic N) is 7. The summed E-state index contributed by atoms with van der Waals surface area (Å²) in [7, 11) is 1.28. The monoisotopic (exact) mass is 1570 g/mol. The van der Waals surface area contributed by atoms with E-state index in [4.69, 9.17) is 48.4 Å². The molecule has 0 saturated carbocycles. The number of ketones is 3. The Morgan fingerprint density at radius 3 is 2.29 bits per heavy atom. The molecule has 6 aromatic rings. The van der Waals surface area contributed by atoms with Crippen molar-refractivity contribution in [2.45, 2.75) is 132 Å². The number of anilines is 2. The van der Waals surface area contributed by atoms with Crippen molar-refractivity contribution in [3.63, 3.8) is 0 Å². The Kier molecular flexibility index (Phi) is 26.9. The fourth-order valence-corrected chi connectivity index (χ4v) is 13.5. The van der Waals surface area contributed by atoms with Crippen LogP contribution in [0.3, 0.4) is 0 Å². The van der Waals surface area contributed by atoms with E-state index in [1.807, 2.05) is 0 Å². The third-order valence-corrected chi connectivity index (χ3v) is 19.3. The molecule has 5 heterocycles. The molecule has 0 spiro atoms. The number of rotatable bonds is 35. The third-order valence-electron chi connectivity index (χ3n) is 19.3. The number of nitrogens with two attached hydrogens (primary N) is 1. The number of nitrogen functional groups attached to an aromatic ring is 1. The molecular weight excluding hydrogens is 1480 g/mol. The van der Waals surface area contributed by atoms with Gasteiger partial charge in [-0.05, 0) is 68.1 Å². The van der Waals surface area contributed by atoms with Crippen LogP contribution in [-0.2, 0) is 60.5 Å². The summed E-state index contributed by atoms with van der Waals surface area (Å²) in [5.74, 6) is -7.95. The summed E-state index contributed by atoms with van der Waals surface area (Å²) in [6.07, 6.45) is -17.0. The summed E-state index contributed by atoms with van der Waals surface area (Å²) in [5, 5.41) is 130. The highest BCUT2D eigenvalue weighted by Crippen LogP contribution is 2.52. The van der Waals surface area contributed by atoms with Crippen molar-refractivity contribution < 1.29 is 127 Å². The maximum absolute atomic E-state index is 14.3. The lowest BCUT2D eigenvalue weighted by atomic mass is 9.73. The summed E-state index contributed by atoms with van der Waals surface area (Å²) in [6, 6.07) is 10.4. The Morgan fingerprint density at radius 1 is 0.848 bits per heavy atom. The molecule has 2 saturated heterocycles. The number of aliphatic hydroxyl groups excluding tert-OH is 6. The molecule has 3 amide bonds. The lowest BCUT2D eigenvalue weighted by Gasteiger charge is -2.41. The number of aliphatic hydroxyl groups is 6. The minimum Gasteiger partial charge on any atom is -0.507 e. The number of hydrogen-bond donors (Lipinski definition) is 15. The third kappa shape index (κ3) is 19.1. The van der Waals surface area contributed by atoms with E-state index in [9.17, 15) is 94.4 Å². The number of alkyl carbamates (subject to hydrolysis) is 1. The van der Waals surface area contributed by atoms with Crippen molar-refractivity contribution in [1.82, 2.24) is 40.9 Å². The number of phenolic OH excluding ortho intramolecular Hbond substituents is 2. The van der Waals surface area contributed by atoms with Crippen LogP contribution >= 0.6 is 0 Å². The van der Waals surface area contributed by atoms with Crippen LogP contribution in [0, 0.1) is 16.0 Å². The molecule has 16 N–H and O–H groups in total. The Labute approximate surface area is 634 Å². The zero-order chi connectivity index (χ0) is 80.2. The fourth-order valence-electron chi connectivity index (χ4n) is 13.5. The maximum atomic E-state index is 14.3. The van der Waals surface area contributed by atoms with Crippen molar-refractivity contribution in [3.05, 3.63) is 138 Å². The first-order valence-corrected chi connectivity index (χ1v) is 35.5. The number of aliphatic carboxylic acids is 1. The minimum absolute atomic E-state index is 0.00507. The number of phenols is 2. The number of carbonyl (C=O) groups is 7. The smallest absolute Gasteiger partial charge is 0.408 e. The van der Waals surface area contributed by atoms with E-state index in [1.165, 1.54) is 56.6 Å². The van der Waals surface area contributed by atoms with Crippen molar-refractivity contribution in [2.75, 3.05) is 90.6 Å². The van der Waals surface area contributed by atoms with Crippen LogP contribution in [0.5, 0.6) is 23.0 Å². The van der Waals surface area contributed by atoms with Gasteiger partial charge in [0.15, 0.2) is 34.8 Å². The van der Waals surface area contributed by atoms with Crippen LogP contribution in [0.2, 0.25) is 0 Å². The number of benzene rings is 4. The van der Waals surface area contributed by atoms with Gasteiger partial charge in [0.2, 0.25) is 23.9 Å². The normalized spacial score (nSPS) is 23.1. The number of methoxy groups -OCH3 is 1. The highest BCUT2D eigenvalue weighted by atomic mass is 16.7. The number of nitrogens with one attached hydrogen (secondary N) is 5. The maximum Gasteiger partial charge on any atom is 0.408 e. The Morgan fingerprint density at radius 2 is 1.58 bits per heavy atom. The van der Waals surface area contributed by atoms with Crippen molar-refractivity contribution in [1.29, 1.82) is 0 Å². The second kappa shape index (κ2) is 36.8. The van der Waals surface area contributed by atoms with Crippen LogP contribution < -0.4 is 42.0 Å². The number of fused-ring (bicyclic) bond motifs is 4. The first kappa shape index (κ1) is 81.9. The van der Waals surface area contributed by atoms with Crippen LogP contribution in [0.1, 0.15) is 116 Å². The van der Waals surface area contributed by atoms with E-state index in [0.717, 1.165) is 12.1 Å². The van der Waals surface area contributed by atoms with Crippen LogP contribution in [0.4, 0.5) is 22.1 Å². The molecular formula is C71H83N13O28. The Bertz CT molecular complexity index is 4570. The first-order valence-electron chi connectivity index (χ1n) is 35.5. The lowest BCUT2D eigenvalue weighted by Crippen LogP contribution is -2.60. The van der Waals surface area contributed by atoms with Gasteiger partial charge < -0.3 is 116 Å². The van der Waals surface area contributed by atoms with Gasteiger partial charge in [-0.15, -0.1) is 0 Å². The van der Waals surface area contributed by atoms with Gasteiger partial charge in [0.25, 0.3) is 11.5 Å². The number of ether oxygens (including phenoxy) is 9. The van der Waals surface area contributed by atoms with E-state index in [-0.39, 0.29) is 161 Å². The second-order valence-corrected chi connectivity index (χ2v) is 26.7. The number of nitro benzene ring substituents is 1. The molecule has 14 atom stereocenters. The average Bonchev–Trinajstić information content (AvgIpc) is 0.776. The molecule has 41 nitrogen and oxygen atoms in total. The number of hydrogen-bond acceptors (Lipinski definition) is 35. The molecule has 600 valence electrons. The molecule has 2 aliphatic carbocycles. The number of nitro groups is 1. The fraction of sp³-hybridized carbons (Fsp3) is 0.479. The van der Waals surface area contributed by atoms with Gasteiger partial charge in [-0.3, -0.25) is 48.9 Å². The van der Waals surface area contributed by atoms with E-state index in [2.05, 4.69) is 51.5 Å². The van der Waals surface area contributed by atoms with Gasteiger partial charge >= 0.3 is 17.7 Å². The number of Topliss-reactive ketones (excluding diaryl/α,β-unsaturated/α-hetero) is 1. The molecule has 112 heavy (non-hydrogen) atoms. The van der Waals surface area contributed by atoms with Gasteiger partial charge in [0, 0.05) is 65.7 Å². The molecule has 3 aliphatic heterocycles. The highest BCUT2D eigenvalue weighted by molar-refractivity contribution is 6.31. The molecule has 0 bridgehead atoms. The zero-order valence-electron chi connectivity index (χ0n) is 60.2. The topological polar surface area (TPSA) is 601 Å². The Hall–Kier alpha value is -11.1. The summed E-state index contributed by atoms with van der Waals surface area (Å²) in [6.45, 7) is 1.15. The minimum atomic E-state index is -1.95. The summed E-state index contributed by atoms with van der Waals surface area (Å²) in [5.41, 5.74) is 3.89. The quantitative estimate of drug-likeness (QED) is 0.0107. The molecule has 2 fully saturated rings. The van der Waals surface area contributed by atoms with E-state index < -0.39 is 184 Å². The van der Waals surface area contributed by atoms with E-state index >= 15 is 0 Å². The Balaban J connectivity index is 0.641. The van der Waals surface area contributed by atoms with Crippen LogP contribution in [-0.4, -0.2) is 264 Å². The molecule has 5 aliphatic rings. The van der Waals surface area contributed by atoms with Gasteiger partial charge in [-0.1, -0.05) is 23.4 Å². The molecule has 0 radical (unpaired) electrons. The predicted molar refractivity (Wildman–Crippen MR) is 381 cm³/mol. The molecule has 8 unspecified atom stereocenters. The number of carboxylic acids is 1. The van der Waals surface area contributed by atoms with Gasteiger partial charge in [0.05, 0.1) is 131 Å². The number of aromatic hydroxyl groups is 2. The van der Waals surface area contributed by atoms with E-state index in [1.54, 1.807) is 17.1 Å². The predicted octanol–water partition coefficient (Wildman–Crippen LogP) is -0.0262. The number of carbonyl (C=O) groups excluding carboxylic acids is 6. The first-order chi connectivity index (χ1) is 53.7. The number of aromatic nitrogens is 4. The average molecular weight is 1570 g/mol. The van der Waals surface area contributed by atoms with Gasteiger partial charge in [0.1, 0.15) is 66.5 Å². The van der Waals surface area contributed by atoms with Crippen molar-refractivity contribution in [3.8, 4) is 23.0 Å². The molecule has 11 rings (SSSR count). The zero-order valence-corrected chi connectivity index (χ0v) is 60.2. The van der Waals surface area contributed by atoms with Crippen molar-refractivity contribution in [2.24, 2.45) is 16.3 Å². The molecule has 4 aromatic carbocycles. The van der Waals surface area contributed by atoms with E-state index in [0.29, 0.717) is 11.4 Å². The van der Waals surface area contributed by atoms with Crippen LogP contribution in [0.15, 0.2) is 82.0 Å². The summed E-state index contributed by atoms with van der Waals surface area (Å²) in [4.78, 5) is 132. The lowest BCUT2D eigenvalue weighted by molar-refractivity contribution is -0.387. The standard InChI is InChI=1S/C71H83N13O28/c1-32-57(89)42(26-51(108-32)109-48-24-35(44(87)30-85)22-40-53(48)62(94)55-54(59(40)91)58(90)39-4-3-5-46(104-2)52(39)61(55)93)78-71(101)112-47(34-8-12-45(43(23-34)84(102)103)110-69-64(96)63(95)60(92)49(31-86)111-69)25-37-29-83(82-81-37)15-17-106-19-21-107-20-18-105-16-14-73-50(88)13-11-41(68(99)100)77-66(97)33-6-9-36(10-7-33)74-27-38-28-75-65-56(76-38)67(98)80-70(72)79-65/h3-10,12,23,28,32,35,37,41-42,47-49,51,57,60,63-64,69,74,85-86,89,91-92,94-96H,11,13-22,24-27,29-31H2,1-2H3,(H,73,88)(H,77,97)(H,78,101)(H,99,100)(H3,72,75,79,80,98)/t32?,35?,37?,41-,42?,47-,48-,49?,51?,57?,60-,63-,64?,69+/m0/s1. The number of carboxylic acid groups (broad SMARTS) is 1. The van der Waals surface area contributed by atoms with Gasteiger partial charge in [-0.2, -0.15) is 10.1 Å². The van der Waals surface area contributed by atoms with Crippen LogP contribution in [0.25, 0.3) is 11.2 Å². The highest BCUT2D eigenvalue weighted by Gasteiger charge is 2.48. The van der Waals surface area contributed by atoms with Crippen molar-refractivity contribution >= 4 is 69.7 Å². The largest absolute Gasteiger partial charge is 0.507 e. The number of aromatic amines is 1. The summed E-state index contributed by atoms with van der Waals surface area (Å²) >= 11 is 0. The number of H-pyrrole nitrogens is 1. The number of amides is 3. The summed E-state index contributed by atoms with van der Waals surface area (Å²) < 4.78 is 51.9. The molecule has 41 heteroatoms. The van der Waals surface area contributed by atoms with Gasteiger partial charge in [-0.25, -0.2) is 19.6 Å². The second-order valence-electron chi connectivity index (χ2n) is 26.7.